The molecule has 0 radical (unpaired) electrons. The predicted octanol–water partition coefficient (Wildman–Crippen LogP) is 1.43. The molecule has 0 aliphatic heterocycles. The molecule has 0 heterocycles. The van der Waals surface area contributed by atoms with Gasteiger partial charge in [0.1, 0.15) is 6.04 Å². The number of hydroxylamine groups is 1. The SMILES string of the molecule is COCC[AsH]Cc1ccc(C#Cc2ccc(C(=O)N[C@H](C(=O)NO)C(C)(C)N)cc2)cc1. The molecule has 0 aliphatic carbocycles. The first kappa shape index (κ1) is 25.6. The number of hydrogen-bond donors (Lipinski definition) is 4. The van der Waals surface area contributed by atoms with Gasteiger partial charge in [0.2, 0.25) is 0 Å². The third-order valence-electron chi connectivity index (χ3n) is 4.66. The molecule has 0 saturated heterocycles. The molecule has 2 amide bonds. The summed E-state index contributed by atoms with van der Waals surface area (Å²) in [4.78, 5) is 24.3. The van der Waals surface area contributed by atoms with Crippen LogP contribution in [0, 0.1) is 11.8 Å². The maximum absolute atomic E-state index is 12.5. The van der Waals surface area contributed by atoms with Crippen LogP contribution in [0.15, 0.2) is 48.5 Å². The van der Waals surface area contributed by atoms with Crippen molar-refractivity contribution < 1.29 is 19.5 Å². The molecule has 2 atom stereocenters. The van der Waals surface area contributed by atoms with Crippen molar-refractivity contribution in [3.63, 3.8) is 0 Å². The van der Waals surface area contributed by atoms with E-state index in [2.05, 4.69) is 29.3 Å². The van der Waals surface area contributed by atoms with Crippen molar-refractivity contribution in [3.05, 3.63) is 70.8 Å². The summed E-state index contributed by atoms with van der Waals surface area (Å²) in [7, 11) is 1.73. The van der Waals surface area contributed by atoms with Crippen LogP contribution >= 0.6 is 0 Å². The molecule has 0 fully saturated rings. The molecule has 0 bridgehead atoms. The molecule has 2 aromatic carbocycles. The summed E-state index contributed by atoms with van der Waals surface area (Å²) in [5.74, 6) is 4.97. The molecule has 0 aromatic heterocycles. The van der Waals surface area contributed by atoms with E-state index in [4.69, 9.17) is 15.7 Å². The minimum atomic E-state index is -1.09. The number of methoxy groups -OCH3 is 1. The second-order valence-electron chi connectivity index (χ2n) is 7.90. The zero-order valence-corrected chi connectivity index (χ0v) is 20.7. The van der Waals surface area contributed by atoms with E-state index in [-0.39, 0.29) is 15.8 Å². The van der Waals surface area contributed by atoms with Crippen LogP contribution in [0.3, 0.4) is 0 Å². The van der Waals surface area contributed by atoms with Crippen LogP contribution < -0.4 is 16.5 Å². The Balaban J connectivity index is 1.99. The number of carbonyl (C=O) groups excluding carboxylic acids is 2. The van der Waals surface area contributed by atoms with Gasteiger partial charge in [0.15, 0.2) is 0 Å². The number of nitrogens with two attached hydrogens (primary N) is 1. The van der Waals surface area contributed by atoms with Gasteiger partial charge >= 0.3 is 133 Å². The van der Waals surface area contributed by atoms with Crippen molar-refractivity contribution in [2.24, 2.45) is 5.73 Å². The van der Waals surface area contributed by atoms with Gasteiger partial charge in [-0.3, -0.25) is 14.8 Å². The van der Waals surface area contributed by atoms with E-state index in [0.717, 1.165) is 22.9 Å². The minimum absolute atomic E-state index is 0.00879. The number of hydrogen-bond acceptors (Lipinski definition) is 5. The van der Waals surface area contributed by atoms with Crippen LogP contribution in [0.2, 0.25) is 5.21 Å². The summed E-state index contributed by atoms with van der Waals surface area (Å²) in [6.45, 7) is 4.01. The van der Waals surface area contributed by atoms with Gasteiger partial charge in [0.25, 0.3) is 5.91 Å². The molecule has 0 spiro atoms. The van der Waals surface area contributed by atoms with Gasteiger partial charge in [-0.1, -0.05) is 0 Å². The molecule has 2 rings (SSSR count). The predicted molar refractivity (Wildman–Crippen MR) is 126 cm³/mol. The van der Waals surface area contributed by atoms with Gasteiger partial charge < -0.3 is 11.1 Å². The van der Waals surface area contributed by atoms with Crippen molar-refractivity contribution in [2.45, 2.75) is 35.8 Å². The molecule has 0 saturated carbocycles. The molecular formula is C24H30AsN3O4. The summed E-state index contributed by atoms with van der Waals surface area (Å²) in [5, 5.41) is 13.8. The Bertz CT molecular complexity index is 958. The van der Waals surface area contributed by atoms with Crippen molar-refractivity contribution in [1.82, 2.24) is 10.8 Å². The number of rotatable bonds is 9. The Labute approximate surface area is 195 Å². The molecule has 7 nitrogen and oxygen atoms in total. The quantitative estimate of drug-likeness (QED) is 0.137. The van der Waals surface area contributed by atoms with Gasteiger partial charge in [-0.2, -0.15) is 0 Å². The first-order chi connectivity index (χ1) is 15.2. The summed E-state index contributed by atoms with van der Waals surface area (Å²) in [6, 6.07) is 13.9. The van der Waals surface area contributed by atoms with Crippen LogP contribution in [0.25, 0.3) is 0 Å². The van der Waals surface area contributed by atoms with Crippen molar-refractivity contribution in [3.8, 4) is 11.8 Å². The number of amides is 2. The first-order valence-electron chi connectivity index (χ1n) is 10.2. The van der Waals surface area contributed by atoms with E-state index in [1.807, 2.05) is 12.1 Å². The van der Waals surface area contributed by atoms with Crippen molar-refractivity contribution >= 4 is 27.6 Å². The van der Waals surface area contributed by atoms with E-state index >= 15 is 0 Å². The van der Waals surface area contributed by atoms with Gasteiger partial charge in [-0.25, -0.2) is 5.48 Å². The number of ether oxygens (including phenoxy) is 1. The number of nitrogens with one attached hydrogen (secondary N) is 2. The standard InChI is InChI=1S/C24H30AsN3O4/c1-24(2,26)21(23(30)28-31)27-22(29)20-12-10-18(11-13-20)5-4-17-6-8-19(9-7-17)16-25-14-15-32-3/h6-13,21,25,31H,14-16,26H2,1-3H3,(H,27,29)(H,28,30)/t21-/m1/s1. The molecule has 5 N–H and O–H groups in total. The summed E-state index contributed by atoms with van der Waals surface area (Å²) in [6.07, 6.45) is 0. The molecule has 1 unspecified atom stereocenters. The Kier molecular flexibility index (Phi) is 9.95. The number of carbonyl (C=O) groups is 2. The topological polar surface area (TPSA) is 114 Å². The van der Waals surface area contributed by atoms with E-state index in [1.54, 1.807) is 45.2 Å². The molecule has 170 valence electrons. The van der Waals surface area contributed by atoms with Gasteiger partial charge in [0.05, 0.1) is 0 Å². The average molecular weight is 499 g/mol. The van der Waals surface area contributed by atoms with E-state index in [1.165, 1.54) is 16.3 Å². The van der Waals surface area contributed by atoms with Gasteiger partial charge in [0, 0.05) is 5.54 Å². The fraction of sp³-hybridized carbons (Fsp3) is 0.333. The second-order valence-corrected chi connectivity index (χ2v) is 10.7. The van der Waals surface area contributed by atoms with Crippen molar-refractivity contribution in [2.75, 3.05) is 13.7 Å². The Hall–Kier alpha value is -2.62. The zero-order valence-electron chi connectivity index (χ0n) is 18.6. The third-order valence-corrected chi connectivity index (χ3v) is 7.21. The first-order valence-corrected chi connectivity index (χ1v) is 13.2. The third kappa shape index (κ3) is 8.14. The Morgan fingerprint density at radius 2 is 1.66 bits per heavy atom. The van der Waals surface area contributed by atoms with Gasteiger partial charge in [-0.05, 0) is 13.8 Å². The van der Waals surface area contributed by atoms with Crippen LogP contribution in [0.1, 0.15) is 40.9 Å². The maximum atomic E-state index is 12.5. The van der Waals surface area contributed by atoms with Crippen LogP contribution in [-0.4, -0.2) is 58.1 Å². The van der Waals surface area contributed by atoms with E-state index < -0.39 is 23.4 Å². The summed E-state index contributed by atoms with van der Waals surface area (Å²) < 4.78 is 5.10. The molecule has 8 heteroatoms. The van der Waals surface area contributed by atoms with E-state index in [9.17, 15) is 9.59 Å². The van der Waals surface area contributed by atoms with Crippen LogP contribution in [0.5, 0.6) is 0 Å². The Morgan fingerprint density at radius 3 is 2.16 bits per heavy atom. The molecular weight excluding hydrogens is 469 g/mol. The van der Waals surface area contributed by atoms with E-state index in [0.29, 0.717) is 5.56 Å². The molecule has 2 aromatic rings. The van der Waals surface area contributed by atoms with Crippen LogP contribution in [0.4, 0.5) is 0 Å². The van der Waals surface area contributed by atoms with Gasteiger partial charge in [-0.15, -0.1) is 0 Å². The average Bonchev–Trinajstić information content (AvgIpc) is 2.78. The summed E-state index contributed by atoms with van der Waals surface area (Å²) >= 11 is -0.00879. The fourth-order valence-electron chi connectivity index (χ4n) is 2.83. The second kappa shape index (κ2) is 12.4. The van der Waals surface area contributed by atoms with Crippen LogP contribution in [-0.2, 0) is 14.7 Å². The van der Waals surface area contributed by atoms with Crippen molar-refractivity contribution in [1.29, 1.82) is 0 Å². The zero-order chi connectivity index (χ0) is 23.6. The summed E-state index contributed by atoms with van der Waals surface area (Å²) in [5.41, 5.74) is 9.79. The normalized spacial score (nSPS) is 12.2. The monoisotopic (exact) mass is 499 g/mol. The molecule has 32 heavy (non-hydrogen) atoms. The Morgan fingerprint density at radius 1 is 1.09 bits per heavy atom. The number of benzene rings is 2. The fourth-order valence-corrected chi connectivity index (χ4v) is 5.03. The molecule has 0 aliphatic rings.